The number of alkyl halides is 3. The van der Waals surface area contributed by atoms with E-state index in [-0.39, 0.29) is 31.5 Å². The molecule has 9 nitrogen and oxygen atoms in total. The zero-order chi connectivity index (χ0) is 33.3. The number of fused-ring (bicyclic) bond motifs is 3. The summed E-state index contributed by atoms with van der Waals surface area (Å²) in [7, 11) is 0. The predicted octanol–water partition coefficient (Wildman–Crippen LogP) is 5.70. The standard InChI is InChI=1S/C34H34F4N4O5/c35-26-13-12-22(16-25(26)34(36,37)38)40-27-11-5-3-1-2-4-9-21-18-33(21,32(45)46)41-29(43)28-17-23(19-42(28)31(27)44)47-30-24-10-7-6-8-20(24)14-15-39-30/h4,6-10,12-16,21,23,27-28,40H,1-3,5,11,17-19H2,(H,41,43)(H,45,46)/t21-,23-,27+,28+,33-/m1/s1. The quantitative estimate of drug-likeness (QED) is 0.239. The van der Waals surface area contributed by atoms with E-state index in [2.05, 4.69) is 15.6 Å². The Morgan fingerprint density at radius 1 is 1.11 bits per heavy atom. The molecule has 1 aromatic heterocycles. The number of carbonyl (C=O) groups excluding carboxylic acids is 2. The number of nitrogens with zero attached hydrogens (tertiary/aromatic N) is 2. The van der Waals surface area contributed by atoms with Gasteiger partial charge in [0.2, 0.25) is 17.7 Å². The number of rotatable bonds is 5. The number of hydrogen-bond acceptors (Lipinski definition) is 6. The largest absolute Gasteiger partial charge is 0.479 e. The molecule has 13 heteroatoms. The number of benzene rings is 2. The Bertz CT molecular complexity index is 1710. The van der Waals surface area contributed by atoms with Gasteiger partial charge in [0, 0.05) is 29.6 Å². The SMILES string of the molecule is O=C1N[C@]2(C(=O)O)C[C@H]2C=CCCCCC[C@H](Nc2ccc(F)c(C(F)(F)F)c2)C(=O)N2C[C@H](Oc3nccc4ccccc34)C[C@@H]12. The molecule has 2 aromatic carbocycles. The number of aromatic nitrogens is 1. The van der Waals surface area contributed by atoms with Crippen LogP contribution in [0.3, 0.4) is 0 Å². The van der Waals surface area contributed by atoms with Gasteiger partial charge in [0.1, 0.15) is 29.5 Å². The van der Waals surface area contributed by atoms with Crippen molar-refractivity contribution in [2.24, 2.45) is 5.92 Å². The lowest BCUT2D eigenvalue weighted by atomic mass is 10.0. The summed E-state index contributed by atoms with van der Waals surface area (Å²) >= 11 is 0. The molecule has 0 radical (unpaired) electrons. The molecule has 5 atom stereocenters. The molecule has 0 unspecified atom stereocenters. The Hall–Kier alpha value is -4.68. The van der Waals surface area contributed by atoms with Crippen molar-refractivity contribution < 1.29 is 41.8 Å². The molecule has 6 rings (SSSR count). The summed E-state index contributed by atoms with van der Waals surface area (Å²) < 4.78 is 60.8. The Balaban J connectivity index is 1.32. The van der Waals surface area contributed by atoms with Gasteiger partial charge in [-0.3, -0.25) is 9.59 Å². The normalized spacial score (nSPS) is 26.9. The maximum Gasteiger partial charge on any atom is 0.419 e. The number of halogens is 4. The third-order valence-electron chi connectivity index (χ3n) is 9.15. The van der Waals surface area contributed by atoms with E-state index in [1.807, 2.05) is 36.4 Å². The third kappa shape index (κ3) is 6.75. The average Bonchev–Trinajstić information content (AvgIpc) is 3.57. The van der Waals surface area contributed by atoms with Gasteiger partial charge in [0.05, 0.1) is 12.1 Å². The molecule has 0 spiro atoms. The molecule has 47 heavy (non-hydrogen) atoms. The lowest BCUT2D eigenvalue weighted by molar-refractivity contribution is -0.145. The Morgan fingerprint density at radius 3 is 2.70 bits per heavy atom. The Kier molecular flexibility index (Phi) is 8.82. The van der Waals surface area contributed by atoms with Crippen molar-refractivity contribution in [3.8, 4) is 5.88 Å². The number of amides is 2. The van der Waals surface area contributed by atoms with Crippen LogP contribution in [-0.4, -0.2) is 63.0 Å². The second-order valence-corrected chi connectivity index (χ2v) is 12.4. The van der Waals surface area contributed by atoms with Crippen LogP contribution in [0.15, 0.2) is 66.9 Å². The predicted molar refractivity (Wildman–Crippen MR) is 164 cm³/mol. The molecule has 1 saturated heterocycles. The molecular weight excluding hydrogens is 620 g/mol. The molecule has 1 saturated carbocycles. The number of allylic oxidation sites excluding steroid dienone is 1. The van der Waals surface area contributed by atoms with Crippen LogP contribution in [0.25, 0.3) is 10.8 Å². The second kappa shape index (κ2) is 12.8. The van der Waals surface area contributed by atoms with Crippen molar-refractivity contribution in [3.05, 3.63) is 78.3 Å². The zero-order valence-corrected chi connectivity index (χ0v) is 25.3. The van der Waals surface area contributed by atoms with Crippen LogP contribution >= 0.6 is 0 Å². The third-order valence-corrected chi connectivity index (χ3v) is 9.15. The van der Waals surface area contributed by atoms with Crippen molar-refractivity contribution in [2.45, 2.75) is 74.8 Å². The minimum Gasteiger partial charge on any atom is -0.479 e. The molecule has 3 N–H and O–H groups in total. The molecule has 2 fully saturated rings. The monoisotopic (exact) mass is 654 g/mol. The first kappa shape index (κ1) is 32.3. The number of carbonyl (C=O) groups is 3. The zero-order valence-electron chi connectivity index (χ0n) is 25.3. The highest BCUT2D eigenvalue weighted by Gasteiger charge is 2.61. The van der Waals surface area contributed by atoms with Gasteiger partial charge in [0.15, 0.2) is 0 Å². The highest BCUT2D eigenvalue weighted by Crippen LogP contribution is 2.45. The Morgan fingerprint density at radius 2 is 1.91 bits per heavy atom. The van der Waals surface area contributed by atoms with Crippen molar-refractivity contribution in [3.63, 3.8) is 0 Å². The van der Waals surface area contributed by atoms with Gasteiger partial charge < -0.3 is 25.4 Å². The van der Waals surface area contributed by atoms with Gasteiger partial charge >= 0.3 is 12.1 Å². The molecule has 2 amide bonds. The second-order valence-electron chi connectivity index (χ2n) is 12.4. The summed E-state index contributed by atoms with van der Waals surface area (Å²) in [5.74, 6) is -3.94. The van der Waals surface area contributed by atoms with Gasteiger partial charge in [-0.15, -0.1) is 0 Å². The minimum absolute atomic E-state index is 0.0279. The number of ether oxygens (including phenoxy) is 1. The van der Waals surface area contributed by atoms with E-state index in [0.717, 1.165) is 23.3 Å². The Labute approximate surface area is 268 Å². The van der Waals surface area contributed by atoms with E-state index >= 15 is 0 Å². The van der Waals surface area contributed by atoms with E-state index in [4.69, 9.17) is 4.74 Å². The fourth-order valence-corrected chi connectivity index (χ4v) is 6.52. The van der Waals surface area contributed by atoms with Gasteiger partial charge in [-0.2, -0.15) is 13.2 Å². The van der Waals surface area contributed by atoms with E-state index in [0.29, 0.717) is 37.3 Å². The molecule has 1 aliphatic carbocycles. The summed E-state index contributed by atoms with van der Waals surface area (Å²) in [6.07, 6.45) is 2.73. The number of anilines is 1. The molecule has 3 aromatic rings. The molecular formula is C34H34F4N4O5. The molecule has 3 aliphatic rings. The summed E-state index contributed by atoms with van der Waals surface area (Å²) in [6, 6.07) is 9.50. The molecule has 248 valence electrons. The molecule has 2 aliphatic heterocycles. The van der Waals surface area contributed by atoms with Crippen LogP contribution < -0.4 is 15.4 Å². The highest BCUT2D eigenvalue weighted by atomic mass is 19.4. The lowest BCUT2D eigenvalue weighted by Gasteiger charge is -2.30. The van der Waals surface area contributed by atoms with Gasteiger partial charge in [-0.25, -0.2) is 14.2 Å². The smallest absolute Gasteiger partial charge is 0.419 e. The van der Waals surface area contributed by atoms with Gasteiger partial charge in [-0.05, 0) is 61.4 Å². The molecule has 3 heterocycles. The highest BCUT2D eigenvalue weighted by molar-refractivity contribution is 5.96. The maximum absolute atomic E-state index is 14.3. The topological polar surface area (TPSA) is 121 Å². The first-order valence-electron chi connectivity index (χ1n) is 15.6. The summed E-state index contributed by atoms with van der Waals surface area (Å²) in [6.45, 7) is -0.0549. The van der Waals surface area contributed by atoms with Crippen molar-refractivity contribution in [1.82, 2.24) is 15.2 Å². The van der Waals surface area contributed by atoms with E-state index < -0.39 is 65.0 Å². The van der Waals surface area contributed by atoms with Crippen LogP contribution in [0.2, 0.25) is 0 Å². The number of nitrogens with one attached hydrogen (secondary N) is 2. The number of carboxylic acids is 1. The summed E-state index contributed by atoms with van der Waals surface area (Å²) in [4.78, 5) is 46.1. The van der Waals surface area contributed by atoms with E-state index in [1.165, 1.54) is 4.90 Å². The number of hydrogen-bond donors (Lipinski definition) is 3. The van der Waals surface area contributed by atoms with Crippen LogP contribution in [0, 0.1) is 11.7 Å². The first-order chi connectivity index (χ1) is 22.5. The van der Waals surface area contributed by atoms with Crippen molar-refractivity contribution in [2.75, 3.05) is 11.9 Å². The van der Waals surface area contributed by atoms with Crippen LogP contribution in [0.5, 0.6) is 5.88 Å². The van der Waals surface area contributed by atoms with Crippen molar-refractivity contribution in [1.29, 1.82) is 0 Å². The fraction of sp³-hybridized carbons (Fsp3) is 0.412. The first-order valence-corrected chi connectivity index (χ1v) is 15.6. The number of carboxylic acid groups (broad SMARTS) is 1. The lowest BCUT2D eigenvalue weighted by Crippen LogP contribution is -2.55. The summed E-state index contributed by atoms with van der Waals surface area (Å²) in [5, 5.41) is 17.2. The van der Waals surface area contributed by atoms with Crippen molar-refractivity contribution >= 4 is 34.2 Å². The fourth-order valence-electron chi connectivity index (χ4n) is 6.52. The van der Waals surface area contributed by atoms with Crippen LogP contribution in [-0.2, 0) is 20.6 Å². The van der Waals surface area contributed by atoms with Gasteiger partial charge in [0.25, 0.3) is 0 Å². The van der Waals surface area contributed by atoms with E-state index in [9.17, 15) is 37.1 Å². The number of aliphatic carboxylic acids is 1. The number of pyridine rings is 1. The van der Waals surface area contributed by atoms with Crippen LogP contribution in [0.1, 0.15) is 50.5 Å². The van der Waals surface area contributed by atoms with E-state index in [1.54, 1.807) is 12.3 Å². The maximum atomic E-state index is 14.3. The average molecular weight is 655 g/mol. The van der Waals surface area contributed by atoms with Gasteiger partial charge in [-0.1, -0.05) is 43.2 Å². The minimum atomic E-state index is -4.94. The molecule has 0 bridgehead atoms. The van der Waals surface area contributed by atoms with Crippen LogP contribution in [0.4, 0.5) is 23.2 Å². The summed E-state index contributed by atoms with van der Waals surface area (Å²) in [5.41, 5.74) is -3.07.